The molecule has 0 radical (unpaired) electrons. The van der Waals surface area contributed by atoms with E-state index in [1.165, 1.54) is 32.4 Å². The third-order valence-corrected chi connectivity index (χ3v) is 10.8. The van der Waals surface area contributed by atoms with Gasteiger partial charge >= 0.3 is 0 Å². The van der Waals surface area contributed by atoms with Crippen LogP contribution in [0, 0.1) is 12.8 Å². The maximum atomic E-state index is 12.7. The molecule has 0 bridgehead atoms. The summed E-state index contributed by atoms with van der Waals surface area (Å²) in [6.45, 7) is 7.10. The molecule has 2 saturated heterocycles. The van der Waals surface area contributed by atoms with Gasteiger partial charge in [0.25, 0.3) is 0 Å². The lowest BCUT2D eigenvalue weighted by Crippen LogP contribution is -2.36. The van der Waals surface area contributed by atoms with Crippen molar-refractivity contribution in [3.63, 3.8) is 0 Å². The van der Waals surface area contributed by atoms with Crippen molar-refractivity contribution in [2.45, 2.75) is 45.4 Å². The van der Waals surface area contributed by atoms with Crippen LogP contribution in [0.5, 0.6) is 0 Å². The fraction of sp³-hybridized carbons (Fsp3) is 0.333. The van der Waals surface area contributed by atoms with Crippen molar-refractivity contribution in [2.24, 2.45) is 5.92 Å². The molecule has 2 unspecified atom stereocenters. The van der Waals surface area contributed by atoms with E-state index in [0.717, 1.165) is 60.2 Å². The van der Waals surface area contributed by atoms with Gasteiger partial charge in [-0.3, -0.25) is 9.78 Å². The van der Waals surface area contributed by atoms with Crippen molar-refractivity contribution in [2.75, 3.05) is 49.6 Å². The number of pyridine rings is 2. The van der Waals surface area contributed by atoms with Crippen LogP contribution in [0.25, 0.3) is 11.3 Å². The quantitative estimate of drug-likeness (QED) is 0.209. The highest BCUT2D eigenvalue weighted by atomic mass is 32.2. The van der Waals surface area contributed by atoms with Gasteiger partial charge in [-0.1, -0.05) is 41.7 Å². The van der Waals surface area contributed by atoms with E-state index in [2.05, 4.69) is 88.1 Å². The number of hydrogen-bond acceptors (Lipinski definition) is 8. The standard InChI is InChI=1S/C33H35N5O2S2/c1-21-5-2-8-26(35-21)32(22-6-4-12-34-20-22)36-23-10-11-28-30(17-23)41-29-9-3-7-25(33(29)42-28)27-18-24(19-31(39)37-27)38-13-15-40-16-14-38/h2-3,5,7-11,17-19,22,32,34,36H,4,6,12-16,20H2,1H3,(H,37,39). The largest absolute Gasteiger partial charge is 0.378 e. The predicted octanol–water partition coefficient (Wildman–Crippen LogP) is 6.35. The molecule has 2 fully saturated rings. The smallest absolute Gasteiger partial charge is 0.250 e. The second kappa shape index (κ2) is 12.2. The Kier molecular flexibility index (Phi) is 7.99. The van der Waals surface area contributed by atoms with E-state index in [1.807, 2.05) is 0 Å². The zero-order chi connectivity index (χ0) is 28.5. The molecule has 0 amide bonds. The molecule has 42 heavy (non-hydrogen) atoms. The number of hydrogen-bond donors (Lipinski definition) is 3. The summed E-state index contributed by atoms with van der Waals surface area (Å²) in [6, 6.07) is 23.3. The van der Waals surface area contributed by atoms with Crippen LogP contribution in [0.4, 0.5) is 11.4 Å². The van der Waals surface area contributed by atoms with Crippen LogP contribution in [-0.4, -0.2) is 49.4 Å². The number of nitrogens with one attached hydrogen (secondary N) is 3. The summed E-state index contributed by atoms with van der Waals surface area (Å²) in [5.74, 6) is 0.477. The summed E-state index contributed by atoms with van der Waals surface area (Å²) in [6.07, 6.45) is 2.37. The molecule has 216 valence electrons. The van der Waals surface area contributed by atoms with E-state index >= 15 is 0 Å². The number of aryl methyl sites for hydroxylation is 1. The van der Waals surface area contributed by atoms with Crippen molar-refractivity contribution in [3.05, 3.63) is 88.5 Å². The zero-order valence-corrected chi connectivity index (χ0v) is 25.3. The van der Waals surface area contributed by atoms with E-state index in [0.29, 0.717) is 19.1 Å². The van der Waals surface area contributed by atoms with Crippen LogP contribution in [0.3, 0.4) is 0 Å². The highest BCUT2D eigenvalue weighted by Gasteiger charge is 2.27. The van der Waals surface area contributed by atoms with Gasteiger partial charge in [0.1, 0.15) is 0 Å². The van der Waals surface area contributed by atoms with Crippen molar-refractivity contribution in [1.82, 2.24) is 15.3 Å². The van der Waals surface area contributed by atoms with E-state index in [1.54, 1.807) is 29.6 Å². The maximum absolute atomic E-state index is 12.7. The number of aromatic amines is 1. The van der Waals surface area contributed by atoms with Gasteiger partial charge in [-0.2, -0.15) is 0 Å². The van der Waals surface area contributed by atoms with Crippen LogP contribution in [0.15, 0.2) is 91.1 Å². The van der Waals surface area contributed by atoms with Gasteiger partial charge in [-0.05, 0) is 74.7 Å². The minimum Gasteiger partial charge on any atom is -0.378 e. The second-order valence-corrected chi connectivity index (χ2v) is 13.3. The lowest BCUT2D eigenvalue weighted by Gasteiger charge is -2.32. The summed E-state index contributed by atoms with van der Waals surface area (Å²) < 4.78 is 5.52. The minimum absolute atomic E-state index is 0.0815. The van der Waals surface area contributed by atoms with Crippen molar-refractivity contribution in [1.29, 1.82) is 0 Å². The number of benzene rings is 2. The van der Waals surface area contributed by atoms with Crippen LogP contribution >= 0.6 is 23.5 Å². The molecule has 0 saturated carbocycles. The second-order valence-electron chi connectivity index (χ2n) is 11.1. The number of nitrogens with zero attached hydrogens (tertiary/aromatic N) is 2. The summed E-state index contributed by atoms with van der Waals surface area (Å²) in [4.78, 5) is 27.8. The Balaban J connectivity index is 1.17. The average Bonchev–Trinajstić information content (AvgIpc) is 3.03. The summed E-state index contributed by atoms with van der Waals surface area (Å²) in [5, 5.41) is 7.45. The number of rotatable bonds is 6. The first-order valence-electron chi connectivity index (χ1n) is 14.7. The Labute approximate surface area is 254 Å². The fourth-order valence-corrected chi connectivity index (χ4v) is 8.51. The average molecular weight is 598 g/mol. The van der Waals surface area contributed by atoms with Gasteiger partial charge in [0.2, 0.25) is 5.56 Å². The fourth-order valence-electron chi connectivity index (χ4n) is 6.10. The molecule has 5 heterocycles. The molecule has 9 heteroatoms. The molecule has 3 aliphatic heterocycles. The lowest BCUT2D eigenvalue weighted by molar-refractivity contribution is 0.122. The van der Waals surface area contributed by atoms with E-state index < -0.39 is 0 Å². The molecule has 4 aromatic rings. The topological polar surface area (TPSA) is 82.3 Å². The van der Waals surface area contributed by atoms with Gasteiger partial charge in [0.15, 0.2) is 0 Å². The van der Waals surface area contributed by atoms with E-state index in [9.17, 15) is 4.79 Å². The molecule has 0 aliphatic carbocycles. The highest BCUT2D eigenvalue weighted by Crippen LogP contribution is 2.52. The van der Waals surface area contributed by atoms with E-state index in [-0.39, 0.29) is 11.6 Å². The van der Waals surface area contributed by atoms with Gasteiger partial charge < -0.3 is 25.3 Å². The molecular weight excluding hydrogens is 563 g/mol. The first-order chi connectivity index (χ1) is 20.6. The first-order valence-corrected chi connectivity index (χ1v) is 16.3. The zero-order valence-electron chi connectivity index (χ0n) is 23.7. The molecule has 2 atom stereocenters. The summed E-state index contributed by atoms with van der Waals surface area (Å²) >= 11 is 3.57. The Morgan fingerprint density at radius 1 is 1.00 bits per heavy atom. The van der Waals surface area contributed by atoms with Crippen LogP contribution in [0.1, 0.15) is 30.3 Å². The number of piperidine rings is 1. The maximum Gasteiger partial charge on any atom is 0.250 e. The third kappa shape index (κ3) is 5.83. The van der Waals surface area contributed by atoms with Gasteiger partial charge in [0, 0.05) is 67.9 Å². The van der Waals surface area contributed by atoms with Crippen molar-refractivity contribution >= 4 is 34.9 Å². The molecule has 2 aromatic heterocycles. The Bertz CT molecular complexity index is 1650. The van der Waals surface area contributed by atoms with Gasteiger partial charge in [-0.25, -0.2) is 0 Å². The van der Waals surface area contributed by atoms with Crippen LogP contribution < -0.4 is 21.1 Å². The number of aromatic nitrogens is 2. The number of morpholine rings is 1. The summed E-state index contributed by atoms with van der Waals surface area (Å²) in [7, 11) is 0. The third-order valence-electron chi connectivity index (χ3n) is 8.21. The SMILES string of the molecule is Cc1cccc(C(Nc2ccc3c(c2)Sc2cccc(-c4cc(N5CCOCC5)cc(=O)[nH]4)c2S3)C2CCCNC2)n1. The lowest BCUT2D eigenvalue weighted by atomic mass is 9.89. The number of fused-ring (bicyclic) bond motifs is 2. The monoisotopic (exact) mass is 597 g/mol. The Hall–Kier alpha value is -3.24. The first kappa shape index (κ1) is 27.6. The molecule has 7 rings (SSSR count). The molecular formula is C33H35N5O2S2. The van der Waals surface area contributed by atoms with Crippen molar-refractivity contribution in [3.8, 4) is 11.3 Å². The molecule has 3 N–H and O–H groups in total. The van der Waals surface area contributed by atoms with E-state index in [4.69, 9.17) is 9.72 Å². The number of ether oxygens (including phenoxy) is 1. The normalized spacial score (nSPS) is 19.1. The molecule has 3 aliphatic rings. The summed E-state index contributed by atoms with van der Waals surface area (Å²) in [5.41, 5.74) is 6.04. The Morgan fingerprint density at radius 2 is 1.88 bits per heavy atom. The van der Waals surface area contributed by atoms with Crippen molar-refractivity contribution < 1.29 is 4.74 Å². The number of anilines is 2. The van der Waals surface area contributed by atoms with Crippen LogP contribution in [-0.2, 0) is 4.74 Å². The highest BCUT2D eigenvalue weighted by molar-refractivity contribution is 8.05. The van der Waals surface area contributed by atoms with Crippen LogP contribution in [0.2, 0.25) is 0 Å². The molecule has 7 nitrogen and oxygen atoms in total. The Morgan fingerprint density at radius 3 is 2.71 bits per heavy atom. The predicted molar refractivity (Wildman–Crippen MR) is 171 cm³/mol. The van der Waals surface area contributed by atoms with Gasteiger partial charge in [0.05, 0.1) is 30.6 Å². The number of H-pyrrole nitrogens is 1. The minimum atomic E-state index is -0.0815. The molecule has 0 spiro atoms. The molecule has 2 aromatic carbocycles. The van der Waals surface area contributed by atoms with Gasteiger partial charge in [-0.15, -0.1) is 0 Å².